The van der Waals surface area contributed by atoms with Crippen LogP contribution in [-0.2, 0) is 0 Å². The van der Waals surface area contributed by atoms with Crippen LogP contribution in [-0.4, -0.2) is 31.1 Å². The standard InChI is InChI=1S/C15H24N2/c1-13(2)8-10-17-11-9-16-15(12-17)14-6-4-3-5-7-14/h3-7,13,15-16H,8-12H2,1-2H3. The molecule has 1 N–H and O–H groups in total. The molecule has 0 aliphatic carbocycles. The predicted molar refractivity (Wildman–Crippen MR) is 73.1 cm³/mol. The van der Waals surface area contributed by atoms with Crippen molar-refractivity contribution >= 4 is 0 Å². The number of nitrogens with one attached hydrogen (secondary N) is 1. The van der Waals surface area contributed by atoms with Crippen LogP contribution in [0, 0.1) is 5.92 Å². The molecule has 1 saturated heterocycles. The lowest BCUT2D eigenvalue weighted by molar-refractivity contribution is 0.191. The van der Waals surface area contributed by atoms with E-state index in [0.717, 1.165) is 19.0 Å². The quantitative estimate of drug-likeness (QED) is 0.858. The van der Waals surface area contributed by atoms with Crippen molar-refractivity contribution in [3.05, 3.63) is 35.9 Å². The fourth-order valence-corrected chi connectivity index (χ4v) is 2.36. The van der Waals surface area contributed by atoms with Crippen LogP contribution < -0.4 is 5.32 Å². The Kier molecular flexibility index (Phi) is 4.57. The molecule has 0 spiro atoms. The van der Waals surface area contributed by atoms with Gasteiger partial charge in [-0.3, -0.25) is 0 Å². The summed E-state index contributed by atoms with van der Waals surface area (Å²) in [5.41, 5.74) is 1.42. The van der Waals surface area contributed by atoms with Crippen molar-refractivity contribution in [1.82, 2.24) is 10.2 Å². The molecule has 1 fully saturated rings. The van der Waals surface area contributed by atoms with Crippen molar-refractivity contribution in [2.75, 3.05) is 26.2 Å². The molecule has 0 saturated carbocycles. The van der Waals surface area contributed by atoms with Gasteiger partial charge in [-0.15, -0.1) is 0 Å². The van der Waals surface area contributed by atoms with Crippen LogP contribution in [0.4, 0.5) is 0 Å². The third kappa shape index (κ3) is 3.83. The zero-order valence-corrected chi connectivity index (χ0v) is 11.0. The zero-order valence-electron chi connectivity index (χ0n) is 11.0. The van der Waals surface area contributed by atoms with E-state index in [-0.39, 0.29) is 0 Å². The maximum Gasteiger partial charge on any atom is 0.0449 e. The van der Waals surface area contributed by atoms with Gasteiger partial charge in [0.15, 0.2) is 0 Å². The van der Waals surface area contributed by atoms with E-state index in [1.165, 1.54) is 25.1 Å². The first-order valence-corrected chi connectivity index (χ1v) is 6.76. The maximum absolute atomic E-state index is 3.61. The maximum atomic E-state index is 3.61. The van der Waals surface area contributed by atoms with Gasteiger partial charge in [0.25, 0.3) is 0 Å². The van der Waals surface area contributed by atoms with Gasteiger partial charge >= 0.3 is 0 Å². The predicted octanol–water partition coefficient (Wildman–Crippen LogP) is 2.68. The van der Waals surface area contributed by atoms with Crippen molar-refractivity contribution in [3.8, 4) is 0 Å². The van der Waals surface area contributed by atoms with Gasteiger partial charge in [-0.2, -0.15) is 0 Å². The fourth-order valence-electron chi connectivity index (χ4n) is 2.36. The first kappa shape index (κ1) is 12.6. The Labute approximate surface area is 105 Å². The van der Waals surface area contributed by atoms with Gasteiger partial charge < -0.3 is 10.2 Å². The summed E-state index contributed by atoms with van der Waals surface area (Å²) in [5, 5.41) is 3.61. The smallest absolute Gasteiger partial charge is 0.0449 e. The molecule has 17 heavy (non-hydrogen) atoms. The summed E-state index contributed by atoms with van der Waals surface area (Å²) < 4.78 is 0. The average molecular weight is 232 g/mol. The molecule has 1 heterocycles. The Morgan fingerprint density at radius 2 is 2.06 bits per heavy atom. The number of hydrogen-bond acceptors (Lipinski definition) is 2. The molecule has 2 rings (SSSR count). The molecular formula is C15H24N2. The molecule has 1 atom stereocenters. The van der Waals surface area contributed by atoms with E-state index in [0.29, 0.717) is 6.04 Å². The summed E-state index contributed by atoms with van der Waals surface area (Å²) in [4.78, 5) is 2.59. The first-order chi connectivity index (χ1) is 8.25. The topological polar surface area (TPSA) is 15.3 Å². The van der Waals surface area contributed by atoms with Crippen LogP contribution in [0.15, 0.2) is 30.3 Å². The van der Waals surface area contributed by atoms with Crippen molar-refractivity contribution < 1.29 is 0 Å². The van der Waals surface area contributed by atoms with Crippen molar-refractivity contribution in [2.45, 2.75) is 26.3 Å². The number of nitrogens with zero attached hydrogens (tertiary/aromatic N) is 1. The molecule has 0 radical (unpaired) electrons. The number of rotatable bonds is 4. The number of piperazine rings is 1. The first-order valence-electron chi connectivity index (χ1n) is 6.76. The molecule has 0 aromatic heterocycles. The normalized spacial score (nSPS) is 21.9. The molecule has 0 bridgehead atoms. The lowest BCUT2D eigenvalue weighted by Gasteiger charge is -2.34. The van der Waals surface area contributed by atoms with Gasteiger partial charge in [0, 0.05) is 25.7 Å². The number of benzene rings is 1. The summed E-state index contributed by atoms with van der Waals surface area (Å²) in [6.45, 7) is 9.29. The highest BCUT2D eigenvalue weighted by atomic mass is 15.2. The summed E-state index contributed by atoms with van der Waals surface area (Å²) in [6, 6.07) is 11.3. The Morgan fingerprint density at radius 3 is 2.76 bits per heavy atom. The molecule has 1 unspecified atom stereocenters. The SMILES string of the molecule is CC(C)CCN1CCNC(c2ccccc2)C1. The minimum Gasteiger partial charge on any atom is -0.308 e. The van der Waals surface area contributed by atoms with Crippen LogP contribution in [0.1, 0.15) is 31.9 Å². The second-order valence-electron chi connectivity index (χ2n) is 5.40. The van der Waals surface area contributed by atoms with Crippen LogP contribution >= 0.6 is 0 Å². The summed E-state index contributed by atoms with van der Waals surface area (Å²) in [5.74, 6) is 0.806. The highest BCUT2D eigenvalue weighted by molar-refractivity contribution is 5.19. The number of hydrogen-bond donors (Lipinski definition) is 1. The summed E-state index contributed by atoms with van der Waals surface area (Å²) >= 11 is 0. The van der Waals surface area contributed by atoms with Crippen LogP contribution in [0.3, 0.4) is 0 Å². The monoisotopic (exact) mass is 232 g/mol. The van der Waals surface area contributed by atoms with E-state index >= 15 is 0 Å². The molecule has 1 aliphatic rings. The van der Waals surface area contributed by atoms with Gasteiger partial charge in [-0.05, 0) is 24.4 Å². The molecule has 1 aromatic carbocycles. The third-order valence-corrected chi connectivity index (χ3v) is 3.48. The highest BCUT2D eigenvalue weighted by Gasteiger charge is 2.20. The van der Waals surface area contributed by atoms with E-state index in [1.807, 2.05) is 0 Å². The lowest BCUT2D eigenvalue weighted by atomic mass is 10.0. The van der Waals surface area contributed by atoms with Gasteiger partial charge in [0.1, 0.15) is 0 Å². The van der Waals surface area contributed by atoms with E-state index in [1.54, 1.807) is 0 Å². The Balaban J connectivity index is 1.89. The second-order valence-corrected chi connectivity index (χ2v) is 5.40. The van der Waals surface area contributed by atoms with Gasteiger partial charge in [-0.1, -0.05) is 44.2 Å². The van der Waals surface area contributed by atoms with Crippen molar-refractivity contribution in [1.29, 1.82) is 0 Å². The van der Waals surface area contributed by atoms with Gasteiger partial charge in [0.05, 0.1) is 0 Å². The Bertz CT molecular complexity index is 321. The van der Waals surface area contributed by atoms with E-state index in [2.05, 4.69) is 54.4 Å². The molecular weight excluding hydrogens is 208 g/mol. The fraction of sp³-hybridized carbons (Fsp3) is 0.600. The lowest BCUT2D eigenvalue weighted by Crippen LogP contribution is -2.46. The molecule has 2 heteroatoms. The summed E-state index contributed by atoms with van der Waals surface area (Å²) in [6.07, 6.45) is 1.31. The molecule has 2 nitrogen and oxygen atoms in total. The molecule has 1 aromatic rings. The Morgan fingerprint density at radius 1 is 1.29 bits per heavy atom. The van der Waals surface area contributed by atoms with Crippen molar-refractivity contribution in [3.63, 3.8) is 0 Å². The molecule has 0 amide bonds. The Hall–Kier alpha value is -0.860. The largest absolute Gasteiger partial charge is 0.308 e. The van der Waals surface area contributed by atoms with E-state index < -0.39 is 0 Å². The van der Waals surface area contributed by atoms with Crippen molar-refractivity contribution in [2.24, 2.45) is 5.92 Å². The van der Waals surface area contributed by atoms with Crippen LogP contribution in [0.25, 0.3) is 0 Å². The van der Waals surface area contributed by atoms with Gasteiger partial charge in [0.2, 0.25) is 0 Å². The second kappa shape index (κ2) is 6.18. The minimum absolute atomic E-state index is 0.511. The average Bonchev–Trinajstić information content (AvgIpc) is 2.38. The van der Waals surface area contributed by atoms with Crippen LogP contribution in [0.2, 0.25) is 0 Å². The van der Waals surface area contributed by atoms with E-state index in [9.17, 15) is 0 Å². The highest BCUT2D eigenvalue weighted by Crippen LogP contribution is 2.17. The van der Waals surface area contributed by atoms with E-state index in [4.69, 9.17) is 0 Å². The molecule has 94 valence electrons. The van der Waals surface area contributed by atoms with Crippen LogP contribution in [0.5, 0.6) is 0 Å². The molecule has 1 aliphatic heterocycles. The third-order valence-electron chi connectivity index (χ3n) is 3.48. The van der Waals surface area contributed by atoms with Gasteiger partial charge in [-0.25, -0.2) is 0 Å². The summed E-state index contributed by atoms with van der Waals surface area (Å²) in [7, 11) is 0. The minimum atomic E-state index is 0.511. The zero-order chi connectivity index (χ0) is 12.1.